The van der Waals surface area contributed by atoms with Crippen molar-refractivity contribution in [2.75, 3.05) is 11.6 Å². The Bertz CT molecular complexity index is 301. The minimum absolute atomic E-state index is 0.303. The van der Waals surface area contributed by atoms with Crippen LogP contribution < -0.4 is 0 Å². The number of benzene rings is 1. The molecule has 0 saturated heterocycles. The van der Waals surface area contributed by atoms with E-state index in [0.29, 0.717) is 11.6 Å². The summed E-state index contributed by atoms with van der Waals surface area (Å²) in [6.07, 6.45) is -0.415. The van der Waals surface area contributed by atoms with Crippen molar-refractivity contribution >= 4 is 23.4 Å². The van der Waals surface area contributed by atoms with Gasteiger partial charge in [-0.3, -0.25) is 0 Å². The predicted octanol–water partition coefficient (Wildman–Crippen LogP) is 3.00. The summed E-state index contributed by atoms with van der Waals surface area (Å²) in [6.45, 7) is 4.15. The van der Waals surface area contributed by atoms with E-state index in [0.717, 1.165) is 0 Å². The quantitative estimate of drug-likeness (QED) is 0.634. The van der Waals surface area contributed by atoms with Crippen LogP contribution in [0.3, 0.4) is 0 Å². The summed E-state index contributed by atoms with van der Waals surface area (Å²) in [5.74, 6) is 0.964. The Morgan fingerprint density at radius 3 is 2.79 bits per heavy atom. The zero-order chi connectivity index (χ0) is 10.6. The van der Waals surface area contributed by atoms with Crippen LogP contribution in [0.2, 0.25) is 0 Å². The summed E-state index contributed by atoms with van der Waals surface area (Å²) in [5, 5.41) is 9.33. The number of hydrogen-bond acceptors (Lipinski definition) is 2. The molecule has 1 nitrogen and oxygen atoms in total. The number of aliphatic hydroxyl groups excluding tert-OH is 1. The number of thioether (sulfide) groups is 1. The summed E-state index contributed by atoms with van der Waals surface area (Å²) < 4.78 is 0. The molecule has 0 aliphatic heterocycles. The molecule has 1 aromatic rings. The zero-order valence-corrected chi connectivity index (χ0v) is 10.0. The number of aryl methyl sites for hydroxylation is 2. The van der Waals surface area contributed by atoms with Crippen molar-refractivity contribution in [2.45, 2.75) is 24.8 Å². The van der Waals surface area contributed by atoms with Crippen molar-refractivity contribution in [3.63, 3.8) is 0 Å². The van der Waals surface area contributed by atoms with E-state index in [1.54, 1.807) is 11.8 Å². The Labute approximate surface area is 94.5 Å². The van der Waals surface area contributed by atoms with E-state index in [1.807, 2.05) is 0 Å². The molecular weight excluding hydrogens is 216 g/mol. The van der Waals surface area contributed by atoms with Crippen LogP contribution in [0.4, 0.5) is 0 Å². The van der Waals surface area contributed by atoms with Gasteiger partial charge in [-0.05, 0) is 25.5 Å². The highest BCUT2D eigenvalue weighted by Gasteiger charge is 2.05. The van der Waals surface area contributed by atoms with Crippen LogP contribution in [0.15, 0.2) is 23.1 Å². The second-order valence-corrected chi connectivity index (χ2v) is 4.76. The van der Waals surface area contributed by atoms with Gasteiger partial charge >= 0.3 is 0 Å². The Kier molecular flexibility index (Phi) is 4.79. The maximum atomic E-state index is 9.33. The lowest BCUT2D eigenvalue weighted by Gasteiger charge is -2.09. The molecule has 0 amide bonds. The van der Waals surface area contributed by atoms with Gasteiger partial charge in [-0.25, -0.2) is 0 Å². The van der Waals surface area contributed by atoms with E-state index < -0.39 is 6.10 Å². The molecule has 0 fully saturated rings. The maximum absolute atomic E-state index is 9.33. The molecule has 0 aromatic heterocycles. The molecule has 0 aliphatic carbocycles. The van der Waals surface area contributed by atoms with Gasteiger partial charge in [0, 0.05) is 16.5 Å². The Hall–Kier alpha value is -0.180. The SMILES string of the molecule is Cc1ccc(C)c(SCC(O)CCl)c1. The Morgan fingerprint density at radius 1 is 1.43 bits per heavy atom. The van der Waals surface area contributed by atoms with Crippen LogP contribution in [-0.2, 0) is 0 Å². The Balaban J connectivity index is 2.62. The fourth-order valence-corrected chi connectivity index (χ4v) is 2.39. The second kappa shape index (κ2) is 5.64. The van der Waals surface area contributed by atoms with Crippen molar-refractivity contribution < 1.29 is 5.11 Å². The van der Waals surface area contributed by atoms with Crippen LogP contribution in [0.5, 0.6) is 0 Å². The second-order valence-electron chi connectivity index (χ2n) is 3.39. The molecular formula is C11H15ClOS. The molecule has 3 heteroatoms. The van der Waals surface area contributed by atoms with Crippen LogP contribution in [0.25, 0.3) is 0 Å². The van der Waals surface area contributed by atoms with Crippen molar-refractivity contribution in [3.05, 3.63) is 29.3 Å². The first-order chi connectivity index (χ1) is 6.63. The first-order valence-corrected chi connectivity index (χ1v) is 6.09. The third kappa shape index (κ3) is 3.52. The third-order valence-corrected chi connectivity index (χ3v) is 3.61. The summed E-state index contributed by atoms with van der Waals surface area (Å²) in [4.78, 5) is 1.23. The smallest absolute Gasteiger partial charge is 0.0769 e. The minimum Gasteiger partial charge on any atom is -0.391 e. The number of halogens is 1. The first kappa shape index (κ1) is 11.9. The van der Waals surface area contributed by atoms with E-state index in [1.165, 1.54) is 16.0 Å². The van der Waals surface area contributed by atoms with Crippen molar-refractivity contribution in [1.29, 1.82) is 0 Å². The van der Waals surface area contributed by atoms with Crippen LogP contribution in [0.1, 0.15) is 11.1 Å². The summed E-state index contributed by atoms with van der Waals surface area (Å²) >= 11 is 7.19. The molecule has 1 N–H and O–H groups in total. The summed E-state index contributed by atoms with van der Waals surface area (Å²) in [5.41, 5.74) is 2.50. The van der Waals surface area contributed by atoms with Gasteiger partial charge in [0.25, 0.3) is 0 Å². The molecule has 1 rings (SSSR count). The summed E-state index contributed by atoms with van der Waals surface area (Å²) in [6, 6.07) is 6.34. The van der Waals surface area contributed by atoms with Gasteiger partial charge < -0.3 is 5.11 Å². The largest absolute Gasteiger partial charge is 0.391 e. The van der Waals surface area contributed by atoms with E-state index in [2.05, 4.69) is 32.0 Å². The highest BCUT2D eigenvalue weighted by molar-refractivity contribution is 7.99. The monoisotopic (exact) mass is 230 g/mol. The summed E-state index contributed by atoms with van der Waals surface area (Å²) in [7, 11) is 0. The molecule has 14 heavy (non-hydrogen) atoms. The molecule has 1 atom stereocenters. The predicted molar refractivity (Wildman–Crippen MR) is 63.4 cm³/mol. The fraction of sp³-hybridized carbons (Fsp3) is 0.455. The highest BCUT2D eigenvalue weighted by Crippen LogP contribution is 2.24. The van der Waals surface area contributed by atoms with Crippen LogP contribution in [-0.4, -0.2) is 22.8 Å². The Morgan fingerprint density at radius 2 is 2.14 bits per heavy atom. The van der Waals surface area contributed by atoms with Gasteiger partial charge in [-0.1, -0.05) is 17.7 Å². The molecule has 0 radical (unpaired) electrons. The molecule has 0 saturated carbocycles. The first-order valence-electron chi connectivity index (χ1n) is 4.57. The molecule has 0 heterocycles. The topological polar surface area (TPSA) is 20.2 Å². The average molecular weight is 231 g/mol. The minimum atomic E-state index is -0.415. The van der Waals surface area contributed by atoms with Gasteiger partial charge in [-0.2, -0.15) is 0 Å². The average Bonchev–Trinajstić information content (AvgIpc) is 2.19. The molecule has 1 unspecified atom stereocenters. The normalized spacial score (nSPS) is 12.9. The fourth-order valence-electron chi connectivity index (χ4n) is 1.09. The van der Waals surface area contributed by atoms with E-state index in [9.17, 15) is 5.11 Å². The van der Waals surface area contributed by atoms with E-state index in [-0.39, 0.29) is 0 Å². The van der Waals surface area contributed by atoms with Gasteiger partial charge in [-0.15, -0.1) is 23.4 Å². The lowest BCUT2D eigenvalue weighted by Crippen LogP contribution is -2.11. The zero-order valence-electron chi connectivity index (χ0n) is 8.46. The molecule has 0 spiro atoms. The molecule has 0 aliphatic rings. The van der Waals surface area contributed by atoms with Crippen molar-refractivity contribution in [3.8, 4) is 0 Å². The van der Waals surface area contributed by atoms with Gasteiger partial charge in [0.1, 0.15) is 0 Å². The van der Waals surface area contributed by atoms with Gasteiger partial charge in [0.2, 0.25) is 0 Å². The standard InChI is InChI=1S/C11H15ClOS/c1-8-3-4-9(2)11(5-8)14-7-10(13)6-12/h3-5,10,13H,6-7H2,1-2H3. The molecule has 0 bridgehead atoms. The number of hydrogen-bond donors (Lipinski definition) is 1. The molecule has 1 aromatic carbocycles. The molecule has 78 valence electrons. The lowest BCUT2D eigenvalue weighted by atomic mass is 10.2. The van der Waals surface area contributed by atoms with Crippen LogP contribution in [0, 0.1) is 13.8 Å². The van der Waals surface area contributed by atoms with Gasteiger partial charge in [0.15, 0.2) is 0 Å². The van der Waals surface area contributed by atoms with Crippen molar-refractivity contribution in [2.24, 2.45) is 0 Å². The lowest BCUT2D eigenvalue weighted by molar-refractivity contribution is 0.223. The van der Waals surface area contributed by atoms with E-state index >= 15 is 0 Å². The number of alkyl halides is 1. The number of aliphatic hydroxyl groups is 1. The van der Waals surface area contributed by atoms with E-state index in [4.69, 9.17) is 11.6 Å². The van der Waals surface area contributed by atoms with Crippen molar-refractivity contribution in [1.82, 2.24) is 0 Å². The highest BCUT2D eigenvalue weighted by atomic mass is 35.5. The maximum Gasteiger partial charge on any atom is 0.0769 e. The third-order valence-electron chi connectivity index (χ3n) is 1.95. The number of rotatable bonds is 4. The van der Waals surface area contributed by atoms with Crippen LogP contribution >= 0.6 is 23.4 Å². The van der Waals surface area contributed by atoms with Gasteiger partial charge in [0.05, 0.1) is 6.10 Å².